The van der Waals surface area contributed by atoms with E-state index in [1.54, 1.807) is 29.2 Å². The highest BCUT2D eigenvalue weighted by Gasteiger charge is 2.36. The summed E-state index contributed by atoms with van der Waals surface area (Å²) in [5, 5.41) is 2.89. The minimum absolute atomic E-state index is 0.000987. The second kappa shape index (κ2) is 8.69. The van der Waals surface area contributed by atoms with E-state index in [2.05, 4.69) is 10.1 Å². The lowest BCUT2D eigenvalue weighted by atomic mass is 10.1. The molecule has 1 aliphatic rings. The molecule has 2 atom stereocenters. The fourth-order valence-electron chi connectivity index (χ4n) is 3.40. The maximum absolute atomic E-state index is 12.5. The minimum Gasteiger partial charge on any atom is -0.465 e. The number of carbonyl (C=O) groups is 3. The van der Waals surface area contributed by atoms with E-state index >= 15 is 0 Å². The summed E-state index contributed by atoms with van der Waals surface area (Å²) in [6.45, 7) is 2.75. The average Bonchev–Trinajstić information content (AvgIpc) is 3.13. The molecule has 6 nitrogen and oxygen atoms in total. The Bertz CT molecular complexity index is 849. The largest absolute Gasteiger partial charge is 0.465 e. The maximum Gasteiger partial charge on any atom is 0.337 e. The van der Waals surface area contributed by atoms with Crippen molar-refractivity contribution in [2.45, 2.75) is 25.9 Å². The number of nitrogens with zero attached hydrogens (tertiary/aromatic N) is 1. The fraction of sp³-hybridized carbons (Fsp3) is 0.318. The van der Waals surface area contributed by atoms with E-state index in [1.165, 1.54) is 7.11 Å². The lowest BCUT2D eigenvalue weighted by Crippen LogP contribution is -2.33. The number of hydrogen-bond acceptors (Lipinski definition) is 4. The van der Waals surface area contributed by atoms with Crippen molar-refractivity contribution in [2.24, 2.45) is 5.92 Å². The zero-order chi connectivity index (χ0) is 20.1. The molecule has 0 saturated carbocycles. The van der Waals surface area contributed by atoms with Crippen molar-refractivity contribution in [3.8, 4) is 0 Å². The first kappa shape index (κ1) is 19.6. The van der Waals surface area contributed by atoms with Crippen molar-refractivity contribution in [1.29, 1.82) is 0 Å². The number of amides is 2. The van der Waals surface area contributed by atoms with Crippen molar-refractivity contribution in [2.75, 3.05) is 13.7 Å². The number of likely N-dealkylation sites (tertiary alicyclic amines) is 1. The molecule has 0 spiro atoms. The van der Waals surface area contributed by atoms with Gasteiger partial charge >= 0.3 is 5.97 Å². The third-order valence-electron chi connectivity index (χ3n) is 5.12. The van der Waals surface area contributed by atoms with E-state index in [-0.39, 0.29) is 30.2 Å². The molecular formula is C22H24N2O4. The van der Waals surface area contributed by atoms with Crippen LogP contribution in [0.1, 0.15) is 40.9 Å². The third-order valence-corrected chi connectivity index (χ3v) is 5.12. The summed E-state index contributed by atoms with van der Waals surface area (Å²) in [6.07, 6.45) is 0.226. The van der Waals surface area contributed by atoms with Gasteiger partial charge in [0.1, 0.15) is 0 Å². The van der Waals surface area contributed by atoms with Crippen LogP contribution in [-0.2, 0) is 20.9 Å². The number of nitrogens with one attached hydrogen (secondary N) is 1. The van der Waals surface area contributed by atoms with Crippen molar-refractivity contribution >= 4 is 17.8 Å². The minimum atomic E-state index is -0.396. The number of ether oxygens (including phenoxy) is 1. The summed E-state index contributed by atoms with van der Waals surface area (Å²) in [7, 11) is 1.33. The van der Waals surface area contributed by atoms with Crippen LogP contribution in [0.3, 0.4) is 0 Å². The second-order valence-electron chi connectivity index (χ2n) is 6.94. The lowest BCUT2D eigenvalue weighted by Gasteiger charge is -2.25. The molecule has 1 fully saturated rings. The van der Waals surface area contributed by atoms with Crippen LogP contribution in [0.4, 0.5) is 0 Å². The molecule has 1 saturated heterocycles. The summed E-state index contributed by atoms with van der Waals surface area (Å²) in [6, 6.07) is 16.6. The van der Waals surface area contributed by atoms with E-state index in [4.69, 9.17) is 0 Å². The van der Waals surface area contributed by atoms with Gasteiger partial charge in [0.05, 0.1) is 24.6 Å². The van der Waals surface area contributed by atoms with E-state index in [9.17, 15) is 14.4 Å². The number of hydrogen-bond donors (Lipinski definition) is 1. The fourth-order valence-corrected chi connectivity index (χ4v) is 3.40. The Labute approximate surface area is 164 Å². The topological polar surface area (TPSA) is 75.7 Å². The Morgan fingerprint density at radius 2 is 1.82 bits per heavy atom. The van der Waals surface area contributed by atoms with Gasteiger partial charge in [-0.1, -0.05) is 42.5 Å². The van der Waals surface area contributed by atoms with Crippen molar-refractivity contribution in [3.63, 3.8) is 0 Å². The number of carbonyl (C=O) groups excluding carboxylic acids is 3. The molecule has 1 N–H and O–H groups in total. The quantitative estimate of drug-likeness (QED) is 0.782. The van der Waals surface area contributed by atoms with Crippen LogP contribution in [0, 0.1) is 5.92 Å². The maximum atomic E-state index is 12.5. The monoisotopic (exact) mass is 380 g/mol. The molecule has 0 aliphatic carbocycles. The molecule has 0 unspecified atom stereocenters. The normalized spacial score (nSPS) is 17.3. The number of rotatable bonds is 6. The zero-order valence-corrected chi connectivity index (χ0v) is 16.1. The molecule has 1 heterocycles. The Morgan fingerprint density at radius 3 is 2.46 bits per heavy atom. The van der Waals surface area contributed by atoms with Gasteiger partial charge in [-0.2, -0.15) is 0 Å². The molecule has 6 heteroatoms. The Balaban J connectivity index is 1.55. The van der Waals surface area contributed by atoms with Gasteiger partial charge in [0, 0.05) is 19.5 Å². The van der Waals surface area contributed by atoms with E-state index in [0.29, 0.717) is 18.7 Å². The van der Waals surface area contributed by atoms with Crippen LogP contribution in [0.25, 0.3) is 0 Å². The molecule has 3 rings (SSSR count). The molecule has 0 bridgehead atoms. The Kier molecular flexibility index (Phi) is 6.09. The SMILES string of the molecule is COC(=O)c1ccc(CNC(=O)[C@@H]2CC(=O)N([C@@H](C)c3ccccc3)C2)cc1. The summed E-state index contributed by atoms with van der Waals surface area (Å²) in [5.74, 6) is -0.882. The van der Waals surface area contributed by atoms with Crippen LogP contribution >= 0.6 is 0 Å². The van der Waals surface area contributed by atoms with Crippen LogP contribution in [-0.4, -0.2) is 36.3 Å². The van der Waals surface area contributed by atoms with Crippen LogP contribution in [0.5, 0.6) is 0 Å². The lowest BCUT2D eigenvalue weighted by molar-refractivity contribution is -0.130. The highest BCUT2D eigenvalue weighted by Crippen LogP contribution is 2.28. The second-order valence-corrected chi connectivity index (χ2v) is 6.94. The first-order chi connectivity index (χ1) is 13.5. The zero-order valence-electron chi connectivity index (χ0n) is 16.1. The van der Waals surface area contributed by atoms with E-state index < -0.39 is 5.97 Å². The molecule has 0 aromatic heterocycles. The molecule has 1 aliphatic heterocycles. The summed E-state index contributed by atoms with van der Waals surface area (Å²) in [5.41, 5.74) is 2.40. The summed E-state index contributed by atoms with van der Waals surface area (Å²) >= 11 is 0. The van der Waals surface area contributed by atoms with Crippen LogP contribution < -0.4 is 5.32 Å². The van der Waals surface area contributed by atoms with Crippen LogP contribution in [0.2, 0.25) is 0 Å². The number of methoxy groups -OCH3 is 1. The highest BCUT2D eigenvalue weighted by atomic mass is 16.5. The molecule has 28 heavy (non-hydrogen) atoms. The average molecular weight is 380 g/mol. The molecular weight excluding hydrogens is 356 g/mol. The van der Waals surface area contributed by atoms with Gasteiger partial charge in [-0.05, 0) is 30.2 Å². The van der Waals surface area contributed by atoms with Gasteiger partial charge in [-0.15, -0.1) is 0 Å². The van der Waals surface area contributed by atoms with Gasteiger partial charge < -0.3 is 15.0 Å². The van der Waals surface area contributed by atoms with Gasteiger partial charge in [-0.3, -0.25) is 9.59 Å². The first-order valence-corrected chi connectivity index (χ1v) is 9.29. The molecule has 2 aromatic carbocycles. The predicted octanol–water partition coefficient (Wildman–Crippen LogP) is 2.70. The van der Waals surface area contributed by atoms with Gasteiger partial charge in [0.25, 0.3) is 0 Å². The summed E-state index contributed by atoms with van der Waals surface area (Å²) in [4.78, 5) is 38.2. The summed E-state index contributed by atoms with van der Waals surface area (Å²) < 4.78 is 4.67. The van der Waals surface area contributed by atoms with E-state index in [0.717, 1.165) is 11.1 Å². The molecule has 146 valence electrons. The van der Waals surface area contributed by atoms with Gasteiger partial charge in [-0.25, -0.2) is 4.79 Å². The van der Waals surface area contributed by atoms with Crippen molar-refractivity contribution in [1.82, 2.24) is 10.2 Å². The van der Waals surface area contributed by atoms with Crippen LogP contribution in [0.15, 0.2) is 54.6 Å². The Morgan fingerprint density at radius 1 is 1.14 bits per heavy atom. The predicted molar refractivity (Wildman–Crippen MR) is 104 cm³/mol. The van der Waals surface area contributed by atoms with E-state index in [1.807, 2.05) is 37.3 Å². The third kappa shape index (κ3) is 4.39. The molecule has 2 aromatic rings. The van der Waals surface area contributed by atoms with Crippen molar-refractivity contribution < 1.29 is 19.1 Å². The number of esters is 1. The standard InChI is InChI=1S/C22H24N2O4/c1-15(17-6-4-3-5-7-17)24-14-19(12-20(24)25)21(26)23-13-16-8-10-18(11-9-16)22(27)28-2/h3-11,15,19H,12-14H2,1-2H3,(H,23,26)/t15-,19+/m0/s1. The number of benzene rings is 2. The van der Waals surface area contributed by atoms with Gasteiger partial charge in [0.2, 0.25) is 11.8 Å². The molecule has 2 amide bonds. The first-order valence-electron chi connectivity index (χ1n) is 9.29. The smallest absolute Gasteiger partial charge is 0.337 e. The highest BCUT2D eigenvalue weighted by molar-refractivity contribution is 5.90. The molecule has 0 radical (unpaired) electrons. The Hall–Kier alpha value is -3.15. The van der Waals surface area contributed by atoms with Crippen molar-refractivity contribution in [3.05, 3.63) is 71.3 Å². The van der Waals surface area contributed by atoms with Gasteiger partial charge in [0.15, 0.2) is 0 Å².